The molecule has 1 aromatic carbocycles. The number of morpholine rings is 1. The van der Waals surface area contributed by atoms with Crippen molar-refractivity contribution < 1.29 is 37.4 Å². The molecule has 2 aliphatic rings. The standard InChI is InChI=1S/C24H25ClF2N4O6S/c25-19-9-8-18(38-19)21(33)28-12-17(29-24(35)37-16-2-1-3-16)22(34)31(23(26)27)15-6-4-14(5-7-15)30-10-11-36-13-20(30)32/h4-9,16-17,23H,1-3,10-13H2,(H,28,33)(H,29,35)/t17-/m0/s1. The van der Waals surface area contributed by atoms with Crippen molar-refractivity contribution in [1.29, 1.82) is 0 Å². The lowest BCUT2D eigenvalue weighted by atomic mass is 9.96. The number of thiophene rings is 1. The van der Waals surface area contributed by atoms with E-state index >= 15 is 0 Å². The summed E-state index contributed by atoms with van der Waals surface area (Å²) in [5.41, 5.74) is 0.300. The number of alkyl halides is 2. The number of alkyl carbamates (subject to hydrolysis) is 1. The van der Waals surface area contributed by atoms with Gasteiger partial charge in [-0.2, -0.15) is 8.78 Å². The molecule has 1 aliphatic carbocycles. The van der Waals surface area contributed by atoms with E-state index in [0.29, 0.717) is 36.0 Å². The normalized spacial score (nSPS) is 16.5. The van der Waals surface area contributed by atoms with Crippen molar-refractivity contribution in [1.82, 2.24) is 10.6 Å². The quantitative estimate of drug-likeness (QED) is 0.446. The Morgan fingerprint density at radius 2 is 1.92 bits per heavy atom. The minimum absolute atomic E-state index is 0.0862. The van der Waals surface area contributed by atoms with Crippen LogP contribution in [0.15, 0.2) is 36.4 Å². The van der Waals surface area contributed by atoms with E-state index < -0.39 is 37.0 Å². The first kappa shape index (κ1) is 27.7. The summed E-state index contributed by atoms with van der Waals surface area (Å²) in [4.78, 5) is 52.2. The second-order valence-electron chi connectivity index (χ2n) is 8.57. The van der Waals surface area contributed by atoms with Crippen LogP contribution in [-0.4, -0.2) is 68.8 Å². The molecule has 2 N–H and O–H groups in total. The summed E-state index contributed by atoms with van der Waals surface area (Å²) in [6.07, 6.45) is 0.976. The molecule has 4 rings (SSSR count). The molecule has 0 bridgehead atoms. The average Bonchev–Trinajstić information content (AvgIpc) is 3.31. The number of nitrogens with zero attached hydrogens (tertiary/aromatic N) is 2. The highest BCUT2D eigenvalue weighted by Gasteiger charge is 2.34. The molecule has 10 nitrogen and oxygen atoms in total. The molecule has 0 unspecified atom stereocenters. The van der Waals surface area contributed by atoms with Gasteiger partial charge >= 0.3 is 12.6 Å². The molecule has 38 heavy (non-hydrogen) atoms. The van der Waals surface area contributed by atoms with E-state index in [1.807, 2.05) is 0 Å². The van der Waals surface area contributed by atoms with Crippen LogP contribution in [0.25, 0.3) is 0 Å². The van der Waals surface area contributed by atoms with Crippen LogP contribution >= 0.6 is 22.9 Å². The minimum Gasteiger partial charge on any atom is -0.446 e. The number of ether oxygens (including phenoxy) is 2. The maximum atomic E-state index is 14.2. The van der Waals surface area contributed by atoms with Gasteiger partial charge in [0.2, 0.25) is 0 Å². The zero-order chi connectivity index (χ0) is 27.2. The second-order valence-corrected chi connectivity index (χ2v) is 10.3. The van der Waals surface area contributed by atoms with E-state index in [0.717, 1.165) is 17.8 Å². The number of carbonyl (C=O) groups is 4. The predicted molar refractivity (Wildman–Crippen MR) is 136 cm³/mol. The van der Waals surface area contributed by atoms with Crippen LogP contribution in [0.3, 0.4) is 0 Å². The van der Waals surface area contributed by atoms with Crippen LogP contribution in [0.2, 0.25) is 4.34 Å². The lowest BCUT2D eigenvalue weighted by Crippen LogP contribution is -2.55. The first-order chi connectivity index (χ1) is 18.2. The number of anilines is 2. The van der Waals surface area contributed by atoms with Crippen molar-refractivity contribution >= 4 is 58.1 Å². The number of carbonyl (C=O) groups excluding carboxylic acids is 4. The van der Waals surface area contributed by atoms with Crippen LogP contribution in [0.5, 0.6) is 0 Å². The van der Waals surface area contributed by atoms with Gasteiger partial charge in [-0.05, 0) is 55.7 Å². The van der Waals surface area contributed by atoms with E-state index in [9.17, 15) is 28.0 Å². The average molecular weight is 571 g/mol. The van der Waals surface area contributed by atoms with Crippen molar-refractivity contribution in [3.05, 3.63) is 45.6 Å². The summed E-state index contributed by atoms with van der Waals surface area (Å²) < 4.78 is 39.0. The molecule has 4 amide bonds. The number of rotatable bonds is 9. The number of hydrogen-bond donors (Lipinski definition) is 2. The Morgan fingerprint density at radius 3 is 2.50 bits per heavy atom. The van der Waals surface area contributed by atoms with Crippen molar-refractivity contribution in [2.45, 2.75) is 38.0 Å². The third-order valence-corrected chi connectivity index (χ3v) is 7.27. The topological polar surface area (TPSA) is 117 Å². The Balaban J connectivity index is 1.51. The highest BCUT2D eigenvalue weighted by Crippen LogP contribution is 2.26. The Labute approximate surface area is 225 Å². The van der Waals surface area contributed by atoms with Crippen LogP contribution in [0.4, 0.5) is 25.0 Å². The molecule has 204 valence electrons. The van der Waals surface area contributed by atoms with E-state index in [4.69, 9.17) is 21.1 Å². The van der Waals surface area contributed by atoms with Gasteiger partial charge in [-0.25, -0.2) is 4.79 Å². The van der Waals surface area contributed by atoms with Gasteiger partial charge in [0.25, 0.3) is 17.7 Å². The Kier molecular flexibility index (Phi) is 9.13. The molecule has 1 saturated heterocycles. The molecule has 14 heteroatoms. The third-order valence-electron chi connectivity index (χ3n) is 6.04. The van der Waals surface area contributed by atoms with Crippen molar-refractivity contribution in [2.75, 3.05) is 36.1 Å². The summed E-state index contributed by atoms with van der Waals surface area (Å²) in [5.74, 6) is -2.02. The molecule has 0 radical (unpaired) electrons. The highest BCUT2D eigenvalue weighted by atomic mass is 35.5. The van der Waals surface area contributed by atoms with Crippen molar-refractivity contribution in [3.63, 3.8) is 0 Å². The smallest absolute Gasteiger partial charge is 0.408 e. The summed E-state index contributed by atoms with van der Waals surface area (Å²) in [6.45, 7) is -3.19. The molecule has 0 spiro atoms. The summed E-state index contributed by atoms with van der Waals surface area (Å²) in [5, 5.41) is 4.79. The Bertz CT molecular complexity index is 1180. The second kappa shape index (κ2) is 12.5. The number of nitrogens with one attached hydrogen (secondary N) is 2. The maximum Gasteiger partial charge on any atom is 0.408 e. The lowest BCUT2D eigenvalue weighted by molar-refractivity contribution is -0.125. The largest absolute Gasteiger partial charge is 0.446 e. The van der Waals surface area contributed by atoms with Gasteiger partial charge in [-0.15, -0.1) is 11.3 Å². The van der Waals surface area contributed by atoms with Crippen LogP contribution < -0.4 is 20.4 Å². The third kappa shape index (κ3) is 6.77. The fourth-order valence-electron chi connectivity index (χ4n) is 3.82. The summed E-state index contributed by atoms with van der Waals surface area (Å²) in [6, 6.07) is 6.87. The first-order valence-electron chi connectivity index (χ1n) is 11.8. The molecule has 1 atom stereocenters. The van der Waals surface area contributed by atoms with E-state index in [2.05, 4.69) is 10.6 Å². The number of benzene rings is 1. The zero-order valence-corrected chi connectivity index (χ0v) is 21.6. The van der Waals surface area contributed by atoms with Gasteiger partial charge in [0, 0.05) is 24.5 Å². The SMILES string of the molecule is O=C(N[C@@H](CNC(=O)c1ccc(Cl)s1)C(=O)N(c1ccc(N2CCOCC2=O)cc1)C(F)F)OC1CCC1. The van der Waals surface area contributed by atoms with Gasteiger partial charge in [0.15, 0.2) is 0 Å². The molecule has 1 saturated carbocycles. The zero-order valence-electron chi connectivity index (χ0n) is 20.0. The predicted octanol–water partition coefficient (Wildman–Crippen LogP) is 3.40. The van der Waals surface area contributed by atoms with E-state index in [1.54, 1.807) is 0 Å². The van der Waals surface area contributed by atoms with Gasteiger partial charge in [0.05, 0.1) is 15.8 Å². The highest BCUT2D eigenvalue weighted by molar-refractivity contribution is 7.18. The van der Waals surface area contributed by atoms with Gasteiger partial charge in [0.1, 0.15) is 18.8 Å². The molecule has 1 aliphatic heterocycles. The molecular weight excluding hydrogens is 546 g/mol. The fourth-order valence-corrected chi connectivity index (χ4v) is 4.78. The maximum absolute atomic E-state index is 14.2. The molecule has 1 aromatic heterocycles. The number of amides is 4. The van der Waals surface area contributed by atoms with E-state index in [1.165, 1.54) is 41.3 Å². The fraction of sp³-hybridized carbons (Fsp3) is 0.417. The number of halogens is 3. The molecule has 2 fully saturated rings. The van der Waals surface area contributed by atoms with Crippen LogP contribution in [0, 0.1) is 0 Å². The summed E-state index contributed by atoms with van der Waals surface area (Å²) in [7, 11) is 0. The van der Waals surface area contributed by atoms with Gasteiger partial charge in [-0.3, -0.25) is 19.3 Å². The number of hydrogen-bond acceptors (Lipinski definition) is 7. The van der Waals surface area contributed by atoms with Crippen LogP contribution in [0.1, 0.15) is 28.9 Å². The molecule has 2 aromatic rings. The lowest BCUT2D eigenvalue weighted by Gasteiger charge is -2.30. The van der Waals surface area contributed by atoms with Crippen LogP contribution in [-0.2, 0) is 19.1 Å². The molecular formula is C24H25ClF2N4O6S. The Morgan fingerprint density at radius 1 is 1.18 bits per heavy atom. The summed E-state index contributed by atoms with van der Waals surface area (Å²) >= 11 is 6.86. The monoisotopic (exact) mass is 570 g/mol. The van der Waals surface area contributed by atoms with Crippen molar-refractivity contribution in [2.24, 2.45) is 0 Å². The first-order valence-corrected chi connectivity index (χ1v) is 13.0. The van der Waals surface area contributed by atoms with Gasteiger partial charge < -0.3 is 25.0 Å². The van der Waals surface area contributed by atoms with Gasteiger partial charge in [-0.1, -0.05) is 11.6 Å². The minimum atomic E-state index is -3.27. The Hall–Kier alpha value is -3.29. The van der Waals surface area contributed by atoms with E-state index in [-0.39, 0.29) is 34.1 Å². The molecule has 2 heterocycles. The van der Waals surface area contributed by atoms with Crippen molar-refractivity contribution in [3.8, 4) is 0 Å².